The van der Waals surface area contributed by atoms with Gasteiger partial charge in [-0.2, -0.15) is 5.10 Å². The number of nitrogens with zero attached hydrogens (tertiary/aromatic N) is 1. The Kier molecular flexibility index (Phi) is 4.54. The van der Waals surface area contributed by atoms with E-state index >= 15 is 0 Å². The van der Waals surface area contributed by atoms with E-state index in [2.05, 4.69) is 15.5 Å². The molecule has 0 atom stereocenters. The summed E-state index contributed by atoms with van der Waals surface area (Å²) in [5.41, 5.74) is 8.59. The summed E-state index contributed by atoms with van der Waals surface area (Å²) in [6.45, 7) is 1.72. The molecule has 0 radical (unpaired) electrons. The van der Waals surface area contributed by atoms with E-state index in [0.29, 0.717) is 33.2 Å². The van der Waals surface area contributed by atoms with Crippen molar-refractivity contribution in [3.63, 3.8) is 0 Å². The number of hydrogen-bond donors (Lipinski definition) is 3. The SMILES string of the molecule is Cc1c(NC(=O)c2cc(-c3ccc(Cl)cc3)n[nH]2)cccc1C(N)=O. The molecule has 3 aromatic rings. The van der Waals surface area contributed by atoms with E-state index in [9.17, 15) is 9.59 Å². The van der Waals surface area contributed by atoms with Crippen LogP contribution in [0.3, 0.4) is 0 Å². The maximum Gasteiger partial charge on any atom is 0.273 e. The van der Waals surface area contributed by atoms with Gasteiger partial charge in [0.05, 0.1) is 5.69 Å². The average molecular weight is 355 g/mol. The minimum atomic E-state index is -0.542. The third-order valence-electron chi connectivity index (χ3n) is 3.81. The molecule has 0 saturated heterocycles. The number of H-pyrrole nitrogens is 1. The predicted octanol–water partition coefficient (Wildman–Crippen LogP) is 3.39. The van der Waals surface area contributed by atoms with Crippen molar-refractivity contribution in [1.82, 2.24) is 10.2 Å². The molecule has 0 fully saturated rings. The van der Waals surface area contributed by atoms with Crippen LogP contribution in [0.1, 0.15) is 26.4 Å². The monoisotopic (exact) mass is 354 g/mol. The molecule has 4 N–H and O–H groups in total. The van der Waals surface area contributed by atoms with Gasteiger partial charge in [0.25, 0.3) is 5.91 Å². The second kappa shape index (κ2) is 6.78. The Morgan fingerprint density at radius 3 is 2.56 bits per heavy atom. The van der Waals surface area contributed by atoms with Crippen molar-refractivity contribution in [2.24, 2.45) is 5.73 Å². The van der Waals surface area contributed by atoms with Crippen LogP contribution < -0.4 is 11.1 Å². The molecule has 126 valence electrons. The molecule has 2 amide bonds. The van der Waals surface area contributed by atoms with Crippen molar-refractivity contribution in [3.8, 4) is 11.3 Å². The van der Waals surface area contributed by atoms with Crippen molar-refractivity contribution in [2.75, 3.05) is 5.32 Å². The van der Waals surface area contributed by atoms with Gasteiger partial charge >= 0.3 is 0 Å². The summed E-state index contributed by atoms with van der Waals surface area (Å²) in [5, 5.41) is 10.2. The second-order valence-corrected chi connectivity index (χ2v) is 5.91. The number of benzene rings is 2. The quantitative estimate of drug-likeness (QED) is 0.669. The van der Waals surface area contributed by atoms with Crippen molar-refractivity contribution in [3.05, 3.63) is 70.4 Å². The first-order chi connectivity index (χ1) is 12.0. The number of nitrogens with two attached hydrogens (primary N) is 1. The molecule has 0 saturated carbocycles. The summed E-state index contributed by atoms with van der Waals surface area (Å²) in [5.74, 6) is -0.905. The van der Waals surface area contributed by atoms with Crippen molar-refractivity contribution in [2.45, 2.75) is 6.92 Å². The Morgan fingerprint density at radius 2 is 1.88 bits per heavy atom. The molecule has 1 heterocycles. The fourth-order valence-corrected chi connectivity index (χ4v) is 2.56. The maximum absolute atomic E-state index is 12.4. The standard InChI is InChI=1S/C18H15ClN4O2/c1-10-13(17(20)24)3-2-4-14(10)21-18(25)16-9-15(22-23-16)11-5-7-12(19)8-6-11/h2-9H,1H3,(H2,20,24)(H,21,25)(H,22,23). The number of nitrogens with one attached hydrogen (secondary N) is 2. The lowest BCUT2D eigenvalue weighted by atomic mass is 10.1. The third kappa shape index (κ3) is 3.54. The number of carbonyl (C=O) groups is 2. The summed E-state index contributed by atoms with van der Waals surface area (Å²) in [7, 11) is 0. The highest BCUT2D eigenvalue weighted by molar-refractivity contribution is 6.30. The first kappa shape index (κ1) is 16.7. The second-order valence-electron chi connectivity index (χ2n) is 5.47. The zero-order valence-corrected chi connectivity index (χ0v) is 14.1. The van der Waals surface area contributed by atoms with Crippen molar-refractivity contribution >= 4 is 29.1 Å². The highest BCUT2D eigenvalue weighted by Gasteiger charge is 2.14. The lowest BCUT2D eigenvalue weighted by Crippen LogP contribution is -2.17. The zero-order valence-electron chi connectivity index (χ0n) is 13.3. The Bertz CT molecular complexity index is 948. The number of anilines is 1. The highest BCUT2D eigenvalue weighted by atomic mass is 35.5. The molecular formula is C18H15ClN4O2. The van der Waals surface area contributed by atoms with E-state index in [1.165, 1.54) is 0 Å². The van der Waals surface area contributed by atoms with E-state index in [-0.39, 0.29) is 5.91 Å². The third-order valence-corrected chi connectivity index (χ3v) is 4.06. The lowest BCUT2D eigenvalue weighted by Gasteiger charge is -2.09. The molecule has 0 spiro atoms. The van der Waals surface area contributed by atoms with Gasteiger partial charge in [0.1, 0.15) is 5.69 Å². The summed E-state index contributed by atoms with van der Waals surface area (Å²) in [6, 6.07) is 13.8. The fourth-order valence-electron chi connectivity index (χ4n) is 2.43. The van der Waals surface area contributed by atoms with Gasteiger partial charge < -0.3 is 11.1 Å². The minimum absolute atomic E-state index is 0.300. The smallest absolute Gasteiger partial charge is 0.273 e. The number of carbonyl (C=O) groups excluding carboxylic acids is 2. The van der Waals surface area contributed by atoms with Crippen LogP contribution in [0.15, 0.2) is 48.5 Å². The Morgan fingerprint density at radius 1 is 1.16 bits per heavy atom. The molecule has 0 unspecified atom stereocenters. The number of amides is 2. The number of aromatic amines is 1. The van der Waals surface area contributed by atoms with E-state index in [0.717, 1.165) is 5.56 Å². The fraction of sp³-hybridized carbons (Fsp3) is 0.0556. The highest BCUT2D eigenvalue weighted by Crippen LogP contribution is 2.22. The van der Waals surface area contributed by atoms with Crippen LogP contribution in [0, 0.1) is 6.92 Å². The number of primary amides is 1. The largest absolute Gasteiger partial charge is 0.366 e. The van der Waals surface area contributed by atoms with Crippen LogP contribution in [-0.2, 0) is 0 Å². The Hall–Kier alpha value is -3.12. The molecule has 3 rings (SSSR count). The summed E-state index contributed by atoms with van der Waals surface area (Å²) in [6.07, 6.45) is 0. The van der Waals surface area contributed by atoms with Crippen LogP contribution in [0.25, 0.3) is 11.3 Å². The maximum atomic E-state index is 12.4. The molecule has 0 aliphatic rings. The van der Waals surface area contributed by atoms with Crippen LogP contribution in [0.4, 0.5) is 5.69 Å². The lowest BCUT2D eigenvalue weighted by molar-refractivity contribution is 0.0995. The van der Waals surface area contributed by atoms with Crippen molar-refractivity contribution in [1.29, 1.82) is 0 Å². The molecule has 0 aliphatic heterocycles. The number of aromatic nitrogens is 2. The zero-order chi connectivity index (χ0) is 18.0. The minimum Gasteiger partial charge on any atom is -0.366 e. The molecule has 0 aliphatic carbocycles. The molecule has 25 heavy (non-hydrogen) atoms. The van der Waals surface area contributed by atoms with Gasteiger partial charge in [0.15, 0.2) is 0 Å². The van der Waals surface area contributed by atoms with E-state index < -0.39 is 5.91 Å². The number of hydrogen-bond acceptors (Lipinski definition) is 3. The Labute approximate surface area is 149 Å². The molecule has 0 bridgehead atoms. The molecule has 7 heteroatoms. The van der Waals surface area contributed by atoms with E-state index in [1.54, 1.807) is 43.3 Å². The van der Waals surface area contributed by atoms with Gasteiger partial charge in [-0.15, -0.1) is 0 Å². The molecule has 2 aromatic carbocycles. The number of rotatable bonds is 4. The van der Waals surface area contributed by atoms with Crippen LogP contribution in [-0.4, -0.2) is 22.0 Å². The van der Waals surface area contributed by atoms with Gasteiger partial charge in [0, 0.05) is 21.8 Å². The molecule has 1 aromatic heterocycles. The van der Waals surface area contributed by atoms with Crippen LogP contribution in [0.2, 0.25) is 5.02 Å². The topological polar surface area (TPSA) is 101 Å². The van der Waals surface area contributed by atoms with Crippen molar-refractivity contribution < 1.29 is 9.59 Å². The molecular weight excluding hydrogens is 340 g/mol. The van der Waals surface area contributed by atoms with E-state index in [1.807, 2.05) is 12.1 Å². The normalized spacial score (nSPS) is 10.5. The summed E-state index contributed by atoms with van der Waals surface area (Å²) < 4.78 is 0. The predicted molar refractivity (Wildman–Crippen MR) is 96.7 cm³/mol. The first-order valence-corrected chi connectivity index (χ1v) is 7.85. The summed E-state index contributed by atoms with van der Waals surface area (Å²) >= 11 is 5.87. The van der Waals surface area contributed by atoms with Gasteiger partial charge in [-0.3, -0.25) is 14.7 Å². The number of halogens is 1. The Balaban J connectivity index is 1.82. The van der Waals surface area contributed by atoms with Crippen LogP contribution in [0.5, 0.6) is 0 Å². The summed E-state index contributed by atoms with van der Waals surface area (Å²) in [4.78, 5) is 23.8. The van der Waals surface area contributed by atoms with Gasteiger partial charge in [-0.05, 0) is 42.8 Å². The van der Waals surface area contributed by atoms with Gasteiger partial charge in [-0.25, -0.2) is 0 Å². The average Bonchev–Trinajstić information content (AvgIpc) is 3.07. The van der Waals surface area contributed by atoms with E-state index in [4.69, 9.17) is 17.3 Å². The van der Waals surface area contributed by atoms with Gasteiger partial charge in [0.2, 0.25) is 5.91 Å². The molecule has 6 nitrogen and oxygen atoms in total. The van der Waals surface area contributed by atoms with Crippen LogP contribution >= 0.6 is 11.6 Å². The first-order valence-electron chi connectivity index (χ1n) is 7.48. The van der Waals surface area contributed by atoms with Gasteiger partial charge in [-0.1, -0.05) is 29.8 Å².